The molecule has 6 heteroatoms. The van der Waals surface area contributed by atoms with E-state index in [9.17, 15) is 8.78 Å². The maximum atomic E-state index is 13.3. The molecule has 0 aliphatic carbocycles. The Labute approximate surface area is 164 Å². The Morgan fingerprint density at radius 2 is 1.71 bits per heavy atom. The molecule has 1 N–H and O–H groups in total. The Kier molecular flexibility index (Phi) is 4.68. The van der Waals surface area contributed by atoms with E-state index in [1.165, 1.54) is 16.5 Å². The highest BCUT2D eigenvalue weighted by Crippen LogP contribution is 2.42. The van der Waals surface area contributed by atoms with Crippen LogP contribution >= 0.6 is 0 Å². The summed E-state index contributed by atoms with van der Waals surface area (Å²) < 4.78 is 32.9. The van der Waals surface area contributed by atoms with Crippen molar-refractivity contribution in [2.24, 2.45) is 0 Å². The number of aromatic nitrogens is 1. The van der Waals surface area contributed by atoms with Gasteiger partial charge in [-0.1, -0.05) is 18.2 Å². The molecule has 0 saturated carbocycles. The molecule has 28 heavy (non-hydrogen) atoms. The number of para-hydroxylation sites is 1. The standard InChI is InChI=1S/C22H29F2N3O/c23-22(24)7-12-27(13-8-22)16-19-14-21(28-19)5-10-26(11-6-21)15-18-3-1-2-17-4-9-25-20(17)18/h1-4,9,19,25H,5-8,10-16H2. The fourth-order valence-corrected chi connectivity index (χ4v) is 5.17. The number of aromatic amines is 1. The first-order chi connectivity index (χ1) is 13.5. The Balaban J connectivity index is 1.09. The molecule has 4 nitrogen and oxygen atoms in total. The van der Waals surface area contributed by atoms with E-state index in [1.54, 1.807) is 0 Å². The third kappa shape index (κ3) is 3.70. The minimum absolute atomic E-state index is 0.00656. The Bertz CT molecular complexity index is 810. The minimum atomic E-state index is -2.46. The van der Waals surface area contributed by atoms with Crippen LogP contribution in [0.3, 0.4) is 0 Å². The molecule has 0 amide bonds. The number of nitrogens with one attached hydrogen (secondary N) is 1. The van der Waals surface area contributed by atoms with Gasteiger partial charge in [0.25, 0.3) is 5.92 Å². The number of hydrogen-bond acceptors (Lipinski definition) is 3. The van der Waals surface area contributed by atoms with Gasteiger partial charge in [0.2, 0.25) is 0 Å². The van der Waals surface area contributed by atoms with Crippen molar-refractivity contribution >= 4 is 10.9 Å². The summed E-state index contributed by atoms with van der Waals surface area (Å²) in [6.07, 6.45) is 5.45. The van der Waals surface area contributed by atoms with Gasteiger partial charge in [-0.15, -0.1) is 0 Å². The predicted octanol–water partition coefficient (Wildman–Crippen LogP) is 4.02. The quantitative estimate of drug-likeness (QED) is 0.857. The van der Waals surface area contributed by atoms with Gasteiger partial charge in [-0.25, -0.2) is 8.78 Å². The van der Waals surface area contributed by atoms with Gasteiger partial charge in [0.05, 0.1) is 11.7 Å². The van der Waals surface area contributed by atoms with Crippen LogP contribution in [0.2, 0.25) is 0 Å². The number of piperidine rings is 2. The van der Waals surface area contributed by atoms with Crippen LogP contribution in [0.15, 0.2) is 30.5 Å². The van der Waals surface area contributed by atoms with E-state index in [1.807, 2.05) is 6.20 Å². The first-order valence-electron chi connectivity index (χ1n) is 10.6. The molecule has 3 aliphatic rings. The van der Waals surface area contributed by atoms with Crippen molar-refractivity contribution in [2.75, 3.05) is 32.7 Å². The zero-order valence-corrected chi connectivity index (χ0v) is 16.3. The number of alkyl halides is 2. The highest BCUT2D eigenvalue weighted by molar-refractivity contribution is 5.82. The Hall–Kier alpha value is -1.50. The second kappa shape index (κ2) is 7.08. The van der Waals surface area contributed by atoms with Gasteiger partial charge in [-0.3, -0.25) is 4.90 Å². The summed E-state index contributed by atoms with van der Waals surface area (Å²) in [7, 11) is 0. The molecule has 1 aromatic heterocycles. The zero-order chi connectivity index (χ0) is 19.2. The van der Waals surface area contributed by atoms with Gasteiger partial charge in [-0.2, -0.15) is 0 Å². The highest BCUT2D eigenvalue weighted by atomic mass is 19.3. The molecule has 3 aliphatic heterocycles. The van der Waals surface area contributed by atoms with Crippen molar-refractivity contribution < 1.29 is 13.5 Å². The van der Waals surface area contributed by atoms with Crippen LogP contribution in [-0.4, -0.2) is 65.1 Å². The normalized spacial score (nSPS) is 27.9. The molecule has 2 aromatic rings. The van der Waals surface area contributed by atoms with Gasteiger partial charge in [-0.05, 0) is 29.9 Å². The van der Waals surface area contributed by atoms with Crippen molar-refractivity contribution in [3.8, 4) is 0 Å². The average molecular weight is 389 g/mol. The molecule has 1 atom stereocenters. The first kappa shape index (κ1) is 18.5. The molecule has 0 bridgehead atoms. The van der Waals surface area contributed by atoms with Gasteiger partial charge in [0, 0.05) is 70.2 Å². The molecule has 1 aromatic carbocycles. The molecule has 3 saturated heterocycles. The third-order valence-corrected chi connectivity index (χ3v) is 6.90. The maximum absolute atomic E-state index is 13.3. The summed E-state index contributed by atoms with van der Waals surface area (Å²) in [4.78, 5) is 8.03. The molecule has 1 unspecified atom stereocenters. The second-order valence-electron chi connectivity index (χ2n) is 8.92. The molecule has 0 radical (unpaired) electrons. The van der Waals surface area contributed by atoms with E-state index in [0.717, 1.165) is 45.4 Å². The molecular formula is C22H29F2N3O. The fourth-order valence-electron chi connectivity index (χ4n) is 5.17. The van der Waals surface area contributed by atoms with Crippen molar-refractivity contribution in [1.82, 2.24) is 14.8 Å². The summed E-state index contributed by atoms with van der Waals surface area (Å²) in [5, 5.41) is 1.27. The van der Waals surface area contributed by atoms with Crippen LogP contribution in [0.5, 0.6) is 0 Å². The first-order valence-corrected chi connectivity index (χ1v) is 10.6. The van der Waals surface area contributed by atoms with Crippen LogP contribution in [0.1, 0.15) is 37.7 Å². The van der Waals surface area contributed by atoms with Crippen molar-refractivity contribution in [2.45, 2.75) is 56.3 Å². The lowest BCUT2D eigenvalue weighted by atomic mass is 9.80. The van der Waals surface area contributed by atoms with Crippen molar-refractivity contribution in [3.63, 3.8) is 0 Å². The number of rotatable bonds is 4. The molecule has 4 heterocycles. The van der Waals surface area contributed by atoms with Crippen LogP contribution in [0, 0.1) is 0 Å². The molecule has 3 fully saturated rings. The van der Waals surface area contributed by atoms with E-state index in [2.05, 4.69) is 39.0 Å². The largest absolute Gasteiger partial charge is 0.370 e. The summed E-state index contributed by atoms with van der Waals surface area (Å²) in [6, 6.07) is 8.61. The SMILES string of the molecule is FC1(F)CCN(CC2CC3(CCN(Cc4cccc5cc[nH]c45)CC3)O2)CC1. The van der Waals surface area contributed by atoms with E-state index in [-0.39, 0.29) is 24.5 Å². The van der Waals surface area contributed by atoms with Crippen LogP contribution in [-0.2, 0) is 11.3 Å². The average Bonchev–Trinajstić information content (AvgIpc) is 3.13. The third-order valence-electron chi connectivity index (χ3n) is 6.90. The summed E-state index contributed by atoms with van der Waals surface area (Å²) in [5.74, 6) is -2.46. The number of benzene rings is 1. The van der Waals surface area contributed by atoms with E-state index >= 15 is 0 Å². The van der Waals surface area contributed by atoms with Crippen LogP contribution in [0.4, 0.5) is 8.78 Å². The second-order valence-corrected chi connectivity index (χ2v) is 8.92. The van der Waals surface area contributed by atoms with Gasteiger partial charge < -0.3 is 14.6 Å². The predicted molar refractivity (Wildman–Crippen MR) is 106 cm³/mol. The topological polar surface area (TPSA) is 31.5 Å². The van der Waals surface area contributed by atoms with Crippen LogP contribution < -0.4 is 0 Å². The summed E-state index contributed by atoms with van der Waals surface area (Å²) in [6.45, 7) is 4.89. The number of ether oxygens (including phenoxy) is 1. The smallest absolute Gasteiger partial charge is 0.250 e. The van der Waals surface area contributed by atoms with Crippen molar-refractivity contribution in [3.05, 3.63) is 36.0 Å². The monoisotopic (exact) mass is 389 g/mol. The lowest BCUT2D eigenvalue weighted by molar-refractivity contribution is -0.232. The van der Waals surface area contributed by atoms with Gasteiger partial charge >= 0.3 is 0 Å². The fraction of sp³-hybridized carbons (Fsp3) is 0.636. The van der Waals surface area contributed by atoms with Crippen LogP contribution in [0.25, 0.3) is 10.9 Å². The van der Waals surface area contributed by atoms with E-state index in [4.69, 9.17) is 4.74 Å². The maximum Gasteiger partial charge on any atom is 0.250 e. The highest BCUT2D eigenvalue weighted by Gasteiger charge is 2.48. The molecule has 1 spiro atoms. The van der Waals surface area contributed by atoms with E-state index in [0.29, 0.717) is 13.1 Å². The minimum Gasteiger partial charge on any atom is -0.370 e. The molecular weight excluding hydrogens is 360 g/mol. The Morgan fingerprint density at radius 1 is 1.00 bits per heavy atom. The van der Waals surface area contributed by atoms with Gasteiger partial charge in [0.1, 0.15) is 0 Å². The zero-order valence-electron chi connectivity index (χ0n) is 16.3. The van der Waals surface area contributed by atoms with Gasteiger partial charge in [0.15, 0.2) is 0 Å². The molecule has 5 rings (SSSR count). The number of hydrogen-bond donors (Lipinski definition) is 1. The van der Waals surface area contributed by atoms with E-state index < -0.39 is 5.92 Å². The lowest BCUT2D eigenvalue weighted by Crippen LogP contribution is -2.59. The number of H-pyrrole nitrogens is 1. The lowest BCUT2D eigenvalue weighted by Gasteiger charge is -2.53. The molecule has 152 valence electrons. The summed E-state index contributed by atoms with van der Waals surface area (Å²) in [5.41, 5.74) is 2.64. The number of likely N-dealkylation sites (tertiary alicyclic amines) is 2. The number of halogens is 2. The number of nitrogens with zero attached hydrogens (tertiary/aromatic N) is 2. The summed E-state index contributed by atoms with van der Waals surface area (Å²) >= 11 is 0. The van der Waals surface area contributed by atoms with Crippen molar-refractivity contribution in [1.29, 1.82) is 0 Å². The number of fused-ring (bicyclic) bond motifs is 1. The Morgan fingerprint density at radius 3 is 2.46 bits per heavy atom.